The summed E-state index contributed by atoms with van der Waals surface area (Å²) in [4.78, 5) is 16.6. The number of aryl methyl sites for hydroxylation is 1. The minimum atomic E-state index is -0.0895. The number of nitrogens with one attached hydrogen (secondary N) is 2. The van der Waals surface area contributed by atoms with E-state index in [0.717, 1.165) is 24.1 Å². The van der Waals surface area contributed by atoms with Gasteiger partial charge in [-0.25, -0.2) is 4.98 Å². The molecule has 0 aliphatic carbocycles. The quantitative estimate of drug-likeness (QED) is 0.876. The van der Waals surface area contributed by atoms with Crippen molar-refractivity contribution < 1.29 is 9.53 Å². The summed E-state index contributed by atoms with van der Waals surface area (Å²) in [6.45, 7) is 1.50. The van der Waals surface area contributed by atoms with Crippen LogP contribution in [0.2, 0.25) is 0 Å². The zero-order chi connectivity index (χ0) is 14.1. The number of aromatic nitrogens is 2. The molecule has 2 N–H and O–H groups in total. The van der Waals surface area contributed by atoms with Gasteiger partial charge in [0.05, 0.1) is 29.5 Å². The van der Waals surface area contributed by atoms with Gasteiger partial charge in [-0.2, -0.15) is 0 Å². The highest BCUT2D eigenvalue weighted by molar-refractivity contribution is 5.97. The van der Waals surface area contributed by atoms with Crippen molar-refractivity contribution in [2.24, 2.45) is 7.05 Å². The second-order valence-corrected chi connectivity index (χ2v) is 5.07. The van der Waals surface area contributed by atoms with Gasteiger partial charge in [-0.1, -0.05) is 0 Å². The summed E-state index contributed by atoms with van der Waals surface area (Å²) in [6, 6.07) is 5.56. The van der Waals surface area contributed by atoms with Crippen LogP contribution in [0.15, 0.2) is 24.5 Å². The minimum Gasteiger partial charge on any atom is -0.378 e. The maximum Gasteiger partial charge on any atom is 0.251 e. The number of hydrogen-bond donors (Lipinski definition) is 2. The molecule has 0 bridgehead atoms. The van der Waals surface area contributed by atoms with E-state index < -0.39 is 0 Å². The Morgan fingerprint density at radius 3 is 3.05 bits per heavy atom. The number of nitrogens with zero attached hydrogens (tertiary/aromatic N) is 2. The third-order valence-electron chi connectivity index (χ3n) is 3.77. The number of hydrogen-bond acceptors (Lipinski definition) is 4. The Balaban J connectivity index is 0.00000161. The fraction of sp³-hybridized carbons (Fsp3) is 0.429. The lowest BCUT2D eigenvalue weighted by Gasteiger charge is -2.18. The van der Waals surface area contributed by atoms with Crippen LogP contribution in [-0.4, -0.2) is 47.8 Å². The molecule has 2 aromatic rings. The van der Waals surface area contributed by atoms with Crippen LogP contribution in [0.25, 0.3) is 11.0 Å². The summed E-state index contributed by atoms with van der Waals surface area (Å²) in [7, 11) is 3.60. The maximum atomic E-state index is 12.3. The summed E-state index contributed by atoms with van der Waals surface area (Å²) in [5.74, 6) is -0.0895. The first-order valence-electron chi connectivity index (χ1n) is 6.64. The van der Waals surface area contributed by atoms with E-state index in [1.54, 1.807) is 13.4 Å². The molecule has 2 heterocycles. The molecular weight excluding hydrogens is 292 g/mol. The van der Waals surface area contributed by atoms with Gasteiger partial charge in [-0.05, 0) is 18.2 Å². The average Bonchev–Trinajstić information content (AvgIpc) is 3.05. The van der Waals surface area contributed by atoms with Gasteiger partial charge in [-0.3, -0.25) is 4.79 Å². The summed E-state index contributed by atoms with van der Waals surface area (Å²) >= 11 is 0. The largest absolute Gasteiger partial charge is 0.378 e. The van der Waals surface area contributed by atoms with Crippen molar-refractivity contribution in [2.75, 3.05) is 20.2 Å². The van der Waals surface area contributed by atoms with E-state index in [0.29, 0.717) is 5.56 Å². The number of carbonyl (C=O) groups is 1. The fourth-order valence-corrected chi connectivity index (χ4v) is 2.58. The molecule has 1 aromatic carbocycles. The van der Waals surface area contributed by atoms with E-state index in [9.17, 15) is 4.79 Å². The van der Waals surface area contributed by atoms with Crippen LogP contribution in [0.5, 0.6) is 0 Å². The van der Waals surface area contributed by atoms with Gasteiger partial charge in [0.2, 0.25) is 0 Å². The lowest BCUT2D eigenvalue weighted by Crippen LogP contribution is -2.43. The molecule has 0 spiro atoms. The molecule has 114 valence electrons. The molecule has 6 nitrogen and oxygen atoms in total. The lowest BCUT2D eigenvalue weighted by molar-refractivity contribution is 0.0780. The van der Waals surface area contributed by atoms with Crippen LogP contribution < -0.4 is 10.6 Å². The summed E-state index contributed by atoms with van der Waals surface area (Å²) in [6.07, 6.45) is 1.77. The van der Waals surface area contributed by atoms with E-state index >= 15 is 0 Å². The highest BCUT2D eigenvalue weighted by Crippen LogP contribution is 2.14. The third-order valence-corrected chi connectivity index (χ3v) is 3.77. The molecule has 0 saturated carbocycles. The van der Waals surface area contributed by atoms with Crippen molar-refractivity contribution in [3.05, 3.63) is 30.1 Å². The number of amides is 1. The molecule has 3 rings (SSSR count). The first-order chi connectivity index (χ1) is 9.69. The third kappa shape index (κ3) is 3.02. The molecule has 1 fully saturated rings. The van der Waals surface area contributed by atoms with Gasteiger partial charge in [0.15, 0.2) is 0 Å². The molecular formula is C14H19ClN4O2. The first-order valence-corrected chi connectivity index (χ1v) is 6.64. The monoisotopic (exact) mass is 310 g/mol. The molecule has 1 saturated heterocycles. The van der Waals surface area contributed by atoms with Crippen LogP contribution in [0.3, 0.4) is 0 Å². The van der Waals surface area contributed by atoms with Gasteiger partial charge >= 0.3 is 0 Å². The van der Waals surface area contributed by atoms with E-state index in [4.69, 9.17) is 4.74 Å². The number of imidazole rings is 1. The standard InChI is InChI=1S/C14H18N4O2.ClH/c1-18-8-16-10-5-9(3-4-12(10)18)14(19)17-11-6-15-7-13(11)20-2;/h3-5,8,11,13,15H,6-7H2,1-2H3,(H,17,19);1H. The zero-order valence-corrected chi connectivity index (χ0v) is 12.8. The molecule has 21 heavy (non-hydrogen) atoms. The second kappa shape index (κ2) is 6.43. The van der Waals surface area contributed by atoms with Gasteiger partial charge in [0, 0.05) is 32.8 Å². The summed E-state index contributed by atoms with van der Waals surface area (Å²) in [5, 5.41) is 6.21. The minimum absolute atomic E-state index is 0. The van der Waals surface area contributed by atoms with E-state index in [1.807, 2.05) is 29.8 Å². The average molecular weight is 311 g/mol. The Bertz CT molecular complexity index is 643. The number of methoxy groups -OCH3 is 1. The molecule has 0 radical (unpaired) electrons. The van der Waals surface area contributed by atoms with E-state index in [2.05, 4.69) is 15.6 Å². The summed E-state index contributed by atoms with van der Waals surface area (Å²) in [5.41, 5.74) is 2.46. The second-order valence-electron chi connectivity index (χ2n) is 5.07. The van der Waals surface area contributed by atoms with Gasteiger partial charge in [0.1, 0.15) is 0 Å². The van der Waals surface area contributed by atoms with E-state index in [-0.39, 0.29) is 30.5 Å². The topological polar surface area (TPSA) is 68.2 Å². The molecule has 2 unspecified atom stereocenters. The highest BCUT2D eigenvalue weighted by Gasteiger charge is 2.28. The number of fused-ring (bicyclic) bond motifs is 1. The van der Waals surface area contributed by atoms with Crippen LogP contribution in [0.1, 0.15) is 10.4 Å². The van der Waals surface area contributed by atoms with Crippen LogP contribution in [0, 0.1) is 0 Å². The number of halogens is 1. The van der Waals surface area contributed by atoms with Crippen molar-refractivity contribution in [2.45, 2.75) is 12.1 Å². The van der Waals surface area contributed by atoms with Gasteiger partial charge in [-0.15, -0.1) is 12.4 Å². The number of carbonyl (C=O) groups excluding carboxylic acids is 1. The van der Waals surface area contributed by atoms with Crippen molar-refractivity contribution in [3.63, 3.8) is 0 Å². The normalized spacial score (nSPS) is 21.2. The Morgan fingerprint density at radius 1 is 1.48 bits per heavy atom. The molecule has 2 atom stereocenters. The summed E-state index contributed by atoms with van der Waals surface area (Å²) < 4.78 is 7.27. The Labute approximate surface area is 129 Å². The van der Waals surface area contributed by atoms with Gasteiger partial charge < -0.3 is 19.9 Å². The SMILES string of the molecule is COC1CNCC1NC(=O)c1ccc2c(c1)ncn2C.Cl. The molecule has 1 aromatic heterocycles. The van der Waals surface area contributed by atoms with Crippen LogP contribution in [0.4, 0.5) is 0 Å². The lowest BCUT2D eigenvalue weighted by atomic mass is 10.1. The maximum absolute atomic E-state index is 12.3. The number of rotatable bonds is 3. The Hall–Kier alpha value is -1.63. The zero-order valence-electron chi connectivity index (χ0n) is 12.0. The Morgan fingerprint density at radius 2 is 2.29 bits per heavy atom. The van der Waals surface area contributed by atoms with Crippen molar-refractivity contribution >= 4 is 29.3 Å². The number of benzene rings is 1. The fourth-order valence-electron chi connectivity index (χ4n) is 2.58. The predicted molar refractivity (Wildman–Crippen MR) is 82.9 cm³/mol. The van der Waals surface area contributed by atoms with Crippen molar-refractivity contribution in [3.8, 4) is 0 Å². The molecule has 1 aliphatic heterocycles. The molecule has 7 heteroatoms. The number of ether oxygens (including phenoxy) is 1. The van der Waals surface area contributed by atoms with Crippen LogP contribution >= 0.6 is 12.4 Å². The first kappa shape index (κ1) is 15.8. The Kier molecular flexibility index (Phi) is 4.82. The molecule has 1 amide bonds. The van der Waals surface area contributed by atoms with Crippen molar-refractivity contribution in [1.82, 2.24) is 20.2 Å². The predicted octanol–water partition coefficient (Wildman–Crippen LogP) is 0.712. The van der Waals surface area contributed by atoms with Crippen molar-refractivity contribution in [1.29, 1.82) is 0 Å². The smallest absolute Gasteiger partial charge is 0.251 e. The van der Waals surface area contributed by atoms with Gasteiger partial charge in [0.25, 0.3) is 5.91 Å². The molecule has 1 aliphatic rings. The highest BCUT2D eigenvalue weighted by atomic mass is 35.5. The van der Waals surface area contributed by atoms with Crippen LogP contribution in [-0.2, 0) is 11.8 Å². The van der Waals surface area contributed by atoms with E-state index in [1.165, 1.54) is 0 Å².